The number of halogens is 5. The molecule has 22 rings (SSSR count). The minimum atomic E-state index is -0.445. The van der Waals surface area contributed by atoms with E-state index in [9.17, 15) is 45.9 Å². The third-order valence-electron chi connectivity index (χ3n) is 27.3. The zero-order valence-corrected chi connectivity index (χ0v) is 81.9. The summed E-state index contributed by atoms with van der Waals surface area (Å²) in [6, 6.07) is 45.3. The Hall–Kier alpha value is -15.3. The predicted molar refractivity (Wildman–Crippen MR) is 548 cm³/mol. The Balaban J connectivity index is 0.000000118. The summed E-state index contributed by atoms with van der Waals surface area (Å²) in [6.07, 6.45) is 21.8. The van der Waals surface area contributed by atoms with Gasteiger partial charge in [-0.1, -0.05) is 18.2 Å². The number of likely N-dealkylation sites (N-methyl/N-ethyl adjacent to an activating group) is 4. The van der Waals surface area contributed by atoms with Crippen molar-refractivity contribution in [3.05, 3.63) is 306 Å². The number of piperidine rings is 1. The number of nitrogens with two attached hydrogens (primary N) is 1. The molecule has 5 saturated heterocycles. The maximum Gasteiger partial charge on any atom is 0.259 e. The summed E-state index contributed by atoms with van der Waals surface area (Å²) in [7, 11) is 20.9. The van der Waals surface area contributed by atoms with Crippen LogP contribution < -0.4 is 72.2 Å². The van der Waals surface area contributed by atoms with E-state index in [1.807, 2.05) is 68.7 Å². The maximum absolute atomic E-state index is 14.5. The van der Waals surface area contributed by atoms with Crippen LogP contribution in [0.25, 0.3) is 95.4 Å². The van der Waals surface area contributed by atoms with E-state index in [2.05, 4.69) is 135 Å². The summed E-state index contributed by atoms with van der Waals surface area (Å²) < 4.78 is 96.7. The monoisotopic (exact) mass is 1940 g/mol. The normalized spacial score (nSPS) is 16.6. The minimum Gasteiger partial charge on any atom is -0.494 e. The molecule has 32 nitrogen and oxygen atoms in total. The van der Waals surface area contributed by atoms with Gasteiger partial charge in [0.05, 0.1) is 55.5 Å². The lowest BCUT2D eigenvalue weighted by Gasteiger charge is -2.31. The molecule has 0 spiro atoms. The number of pyridine rings is 7. The number of methoxy groups -OCH3 is 3. The zero-order chi connectivity index (χ0) is 101. The Morgan fingerprint density at radius 1 is 0.294 bits per heavy atom. The molecule has 17 aromatic rings. The number of ether oxygens (including phenoxy) is 3. The molecule has 0 radical (unpaired) electrons. The summed E-state index contributed by atoms with van der Waals surface area (Å²) >= 11 is 0. The van der Waals surface area contributed by atoms with Crippen LogP contribution in [0.2, 0.25) is 0 Å². The number of fused-ring (bicyclic) bond motifs is 7. The fourth-order valence-corrected chi connectivity index (χ4v) is 19.0. The number of hydrogen-bond donors (Lipinski definition) is 1. The Bertz CT molecular complexity index is 7620. The molecule has 5 aliphatic heterocycles. The zero-order valence-electron chi connectivity index (χ0n) is 81.9. The number of nitrogens with zero attached hydrogens (tertiary/aromatic N) is 23. The highest BCUT2D eigenvalue weighted by Crippen LogP contribution is 2.34. The van der Waals surface area contributed by atoms with E-state index >= 15 is 0 Å². The van der Waals surface area contributed by atoms with E-state index in [0.717, 1.165) is 143 Å². The van der Waals surface area contributed by atoms with E-state index in [-0.39, 0.29) is 62.4 Å². The van der Waals surface area contributed by atoms with Crippen molar-refractivity contribution in [2.24, 2.45) is 5.73 Å². The fourth-order valence-electron chi connectivity index (χ4n) is 19.0. The van der Waals surface area contributed by atoms with Gasteiger partial charge < -0.3 is 72.8 Å². The fraction of sp³-hybridized carbons (Fsp3) is 0.321. The number of aryl methyl sites for hydroxylation is 2. The maximum atomic E-state index is 14.5. The van der Waals surface area contributed by atoms with Crippen molar-refractivity contribution >= 4 is 68.4 Å². The molecular weight excluding hydrogens is 1830 g/mol. The Kier molecular flexibility index (Phi) is 28.4. The molecule has 0 saturated carbocycles. The van der Waals surface area contributed by atoms with Gasteiger partial charge in [0.1, 0.15) is 45.7 Å². The van der Waals surface area contributed by atoms with Crippen molar-refractivity contribution in [1.82, 2.24) is 85.3 Å². The van der Waals surface area contributed by atoms with E-state index < -0.39 is 29.1 Å². The smallest absolute Gasteiger partial charge is 0.259 e. The molecule has 0 bridgehead atoms. The van der Waals surface area contributed by atoms with Gasteiger partial charge >= 0.3 is 0 Å². The average molecular weight is 1950 g/mol. The molecule has 0 unspecified atom stereocenters. The van der Waals surface area contributed by atoms with E-state index in [0.29, 0.717) is 109 Å². The highest BCUT2D eigenvalue weighted by Gasteiger charge is 2.31. The Morgan fingerprint density at radius 3 is 0.895 bits per heavy atom. The van der Waals surface area contributed by atoms with Gasteiger partial charge in [-0.05, 0) is 251 Å². The van der Waals surface area contributed by atoms with Gasteiger partial charge in [-0.3, -0.25) is 46.0 Å². The minimum absolute atomic E-state index is 0.149. The summed E-state index contributed by atoms with van der Waals surface area (Å²) in [5.74, 6) is 0.443. The lowest BCUT2D eigenvalue weighted by molar-refractivity contribution is 0.315. The van der Waals surface area contributed by atoms with Crippen molar-refractivity contribution in [1.29, 1.82) is 0 Å². The third kappa shape index (κ3) is 21.2. The standard InChI is InChI=1S/2C22H23FN6O.2C21H23FN4O2.C20H21FN4O2/c2*1-14-10-28-11-15(8-18(23)22(28)24-14)19-9-21(30)29-13-17(4-5-20(29)25-19)27-7-6-16(12-27)26(2)3;2*1-24(2)16-8-9-25(13-16)20-11-21(27)26-12-15(5-7-19(26)23-20)14-4-6-18(28-3)17(22)10-14;1-27-17-4-2-13(10-16(17)21)14-3-5-18-23-19(11-20(26)25(18)12-14)24-8-6-15(22)7-9-24/h2*4-5,8-11,13,16H,6-7,12H2,1-3H3;2*4-7,10-12,16H,8-9,13H2,1-3H3;2-5,10-12,15H,6-9,22H2,1H3/t4*16-;/m1010./s1. The lowest BCUT2D eigenvalue weighted by Crippen LogP contribution is -2.40. The van der Waals surface area contributed by atoms with E-state index in [1.165, 1.54) is 77.0 Å². The third-order valence-corrected chi connectivity index (χ3v) is 27.3. The van der Waals surface area contributed by atoms with E-state index in [4.69, 9.17) is 19.9 Å². The molecule has 3 aromatic carbocycles. The van der Waals surface area contributed by atoms with Crippen molar-refractivity contribution in [2.45, 2.75) is 82.6 Å². The van der Waals surface area contributed by atoms with Crippen molar-refractivity contribution < 1.29 is 36.2 Å². The Morgan fingerprint density at radius 2 is 0.573 bits per heavy atom. The van der Waals surface area contributed by atoms with Crippen LogP contribution in [0.4, 0.5) is 50.8 Å². The first kappa shape index (κ1) is 97.9. The van der Waals surface area contributed by atoms with Crippen LogP contribution in [0.5, 0.6) is 17.2 Å². The van der Waals surface area contributed by atoms with Gasteiger partial charge in [0.25, 0.3) is 27.8 Å². The van der Waals surface area contributed by atoms with Gasteiger partial charge in [-0.2, -0.15) is 0 Å². The lowest BCUT2D eigenvalue weighted by atomic mass is 10.1. The predicted octanol–water partition coefficient (Wildman–Crippen LogP) is 12.9. The first-order valence-electron chi connectivity index (χ1n) is 47.4. The summed E-state index contributed by atoms with van der Waals surface area (Å²) in [6.45, 7) is 12.5. The summed E-state index contributed by atoms with van der Waals surface area (Å²) in [5, 5.41) is 0. The Labute approximate surface area is 820 Å². The van der Waals surface area contributed by atoms with Crippen LogP contribution in [0.15, 0.2) is 237 Å². The molecule has 37 heteroatoms. The van der Waals surface area contributed by atoms with Gasteiger partial charge in [-0.25, -0.2) is 56.8 Å². The number of aromatic nitrogens is 14. The molecular formula is C106H113F5N24O8. The van der Waals surface area contributed by atoms with Crippen LogP contribution in [0.1, 0.15) is 49.9 Å². The van der Waals surface area contributed by atoms with Crippen LogP contribution in [0.3, 0.4) is 0 Å². The number of hydrogen-bond acceptors (Lipinski definition) is 25. The quantitative estimate of drug-likeness (QED) is 0.0829. The van der Waals surface area contributed by atoms with Gasteiger partial charge in [0.2, 0.25) is 0 Å². The molecule has 4 atom stereocenters. The van der Waals surface area contributed by atoms with Crippen molar-refractivity contribution in [3.8, 4) is 73.1 Å². The highest BCUT2D eigenvalue weighted by molar-refractivity contribution is 5.72. The molecule has 5 fully saturated rings. The van der Waals surface area contributed by atoms with Crippen molar-refractivity contribution in [2.75, 3.05) is 168 Å². The highest BCUT2D eigenvalue weighted by atomic mass is 19.1. The van der Waals surface area contributed by atoms with Crippen molar-refractivity contribution in [3.63, 3.8) is 0 Å². The summed E-state index contributed by atoms with van der Waals surface area (Å²) in [5.41, 5.74) is 18.0. The van der Waals surface area contributed by atoms with Gasteiger partial charge in [0, 0.05) is 193 Å². The van der Waals surface area contributed by atoms with Crippen LogP contribution in [-0.2, 0) is 0 Å². The van der Waals surface area contributed by atoms with Gasteiger partial charge in [-0.15, -0.1) is 0 Å². The number of imidazole rings is 2. The molecule has 14 aromatic heterocycles. The number of rotatable bonds is 17. The largest absolute Gasteiger partial charge is 0.494 e. The first-order chi connectivity index (χ1) is 68.7. The second kappa shape index (κ2) is 41.5. The second-order valence-electron chi connectivity index (χ2n) is 37.6. The van der Waals surface area contributed by atoms with Crippen LogP contribution >= 0.6 is 0 Å². The first-order valence-corrected chi connectivity index (χ1v) is 47.4. The average Bonchev–Trinajstić information content (AvgIpc) is 1.77. The van der Waals surface area contributed by atoms with Gasteiger partial charge in [0.15, 0.2) is 57.6 Å². The number of anilines is 5. The molecule has 2 N–H and O–H groups in total. The topological polar surface area (TPSA) is 289 Å². The van der Waals surface area contributed by atoms with E-state index in [1.54, 1.807) is 134 Å². The second-order valence-corrected chi connectivity index (χ2v) is 37.6. The van der Waals surface area contributed by atoms with Crippen LogP contribution in [0, 0.1) is 42.9 Å². The van der Waals surface area contributed by atoms with Crippen LogP contribution in [-0.4, -0.2) is 259 Å². The molecule has 143 heavy (non-hydrogen) atoms. The molecule has 19 heterocycles. The molecule has 0 aliphatic carbocycles. The number of benzene rings is 3. The molecule has 740 valence electrons. The molecule has 0 amide bonds. The molecule has 5 aliphatic rings. The summed E-state index contributed by atoms with van der Waals surface area (Å²) in [4.78, 5) is 115. The SMILES string of the molecule is COc1ccc(-c2ccc3nc(N4CCC(N)CC4)cc(=O)n3c2)cc1F.COc1ccc(-c2ccc3nc(N4CC[C@@H](N(C)C)C4)cc(=O)n3c2)cc1F.COc1ccc(-c2ccc3nc(N4CC[C@H](N(C)C)C4)cc(=O)n3c2)cc1F.Cc1cn2cc(-c3cc(=O)n4cc(N5CC[C@@H](N(C)C)C5)ccc4n3)cc(F)c2n1.Cc1cn2cc(-c3cc(=O)n4cc(N5CC[C@H](N(C)C)C5)ccc4n3)cc(F)c2n1.